The Hall–Kier alpha value is -3.34. The Morgan fingerprint density at radius 2 is 1.94 bits per heavy atom. The number of methoxy groups -OCH3 is 2. The van der Waals surface area contributed by atoms with Crippen LogP contribution in [0.5, 0.6) is 11.5 Å². The Kier molecular flexibility index (Phi) is 8.91. The van der Waals surface area contributed by atoms with Crippen molar-refractivity contribution >= 4 is 40.6 Å². The Morgan fingerprint density at radius 1 is 1.23 bits per heavy atom. The second-order valence-electron chi connectivity index (χ2n) is 8.50. The van der Waals surface area contributed by atoms with Crippen LogP contribution in [0.2, 0.25) is 0 Å². The molecule has 35 heavy (non-hydrogen) atoms. The van der Waals surface area contributed by atoms with Crippen molar-refractivity contribution in [3.05, 3.63) is 28.8 Å². The lowest BCUT2D eigenvalue weighted by atomic mass is 10.0. The summed E-state index contributed by atoms with van der Waals surface area (Å²) in [5, 5.41) is 3.13. The standard InChI is InChI=1S/C24H33N5O5S/c1-4-5-10-17(23(31)27-14-8-6-7-9-14)29(16-12-11-15(33-2)13-18(16)34-3)24(32)21-19(25)20(22(26)30)28-35-21/h11-14,17H,4-10,25H2,1-3H3,(H2,26,30)(H,27,31). The lowest BCUT2D eigenvalue weighted by Gasteiger charge is -2.32. The summed E-state index contributed by atoms with van der Waals surface area (Å²) in [4.78, 5) is 40.7. The fourth-order valence-electron chi connectivity index (χ4n) is 4.28. The summed E-state index contributed by atoms with van der Waals surface area (Å²) < 4.78 is 14.9. The average molecular weight is 504 g/mol. The summed E-state index contributed by atoms with van der Waals surface area (Å²) in [5.74, 6) is -0.737. The summed E-state index contributed by atoms with van der Waals surface area (Å²) in [5.41, 5.74) is 11.6. The van der Waals surface area contributed by atoms with Gasteiger partial charge in [-0.2, -0.15) is 4.37 Å². The van der Waals surface area contributed by atoms with Gasteiger partial charge in [0.05, 0.1) is 25.6 Å². The summed E-state index contributed by atoms with van der Waals surface area (Å²) >= 11 is 0.778. The molecule has 1 heterocycles. The van der Waals surface area contributed by atoms with Gasteiger partial charge in [0.15, 0.2) is 5.69 Å². The second-order valence-corrected chi connectivity index (χ2v) is 9.27. The smallest absolute Gasteiger partial charge is 0.272 e. The second kappa shape index (κ2) is 11.9. The number of nitrogens with one attached hydrogen (secondary N) is 1. The van der Waals surface area contributed by atoms with Crippen molar-refractivity contribution < 1.29 is 23.9 Å². The molecule has 1 aromatic carbocycles. The maximum absolute atomic E-state index is 14.0. The lowest BCUT2D eigenvalue weighted by Crippen LogP contribution is -2.52. The maximum Gasteiger partial charge on any atom is 0.272 e. The molecule has 1 atom stereocenters. The number of carbonyl (C=O) groups is 3. The van der Waals surface area contributed by atoms with E-state index >= 15 is 0 Å². The van der Waals surface area contributed by atoms with Gasteiger partial charge in [-0.3, -0.25) is 19.3 Å². The summed E-state index contributed by atoms with van der Waals surface area (Å²) in [6.07, 6.45) is 5.93. The number of ether oxygens (including phenoxy) is 2. The van der Waals surface area contributed by atoms with E-state index in [1.807, 2.05) is 6.92 Å². The third-order valence-corrected chi connectivity index (χ3v) is 7.02. The minimum atomic E-state index is -0.830. The van der Waals surface area contributed by atoms with Crippen LogP contribution in [0.1, 0.15) is 72.0 Å². The molecule has 190 valence electrons. The van der Waals surface area contributed by atoms with Crippen LogP contribution >= 0.6 is 11.5 Å². The molecule has 1 aromatic heterocycles. The zero-order valence-corrected chi connectivity index (χ0v) is 21.2. The molecule has 3 amide bonds. The lowest BCUT2D eigenvalue weighted by molar-refractivity contribution is -0.123. The normalized spacial score (nSPS) is 14.4. The van der Waals surface area contributed by atoms with Gasteiger partial charge in [-0.05, 0) is 42.9 Å². The van der Waals surface area contributed by atoms with Crippen molar-refractivity contribution in [1.82, 2.24) is 9.69 Å². The van der Waals surface area contributed by atoms with Gasteiger partial charge in [-0.1, -0.05) is 32.6 Å². The van der Waals surface area contributed by atoms with E-state index in [9.17, 15) is 14.4 Å². The van der Waals surface area contributed by atoms with Crippen LogP contribution in [0.4, 0.5) is 11.4 Å². The van der Waals surface area contributed by atoms with Crippen molar-refractivity contribution in [3.8, 4) is 11.5 Å². The zero-order valence-electron chi connectivity index (χ0n) is 20.3. The van der Waals surface area contributed by atoms with Gasteiger partial charge in [0.25, 0.3) is 11.8 Å². The van der Waals surface area contributed by atoms with Crippen molar-refractivity contribution in [2.45, 2.75) is 64.0 Å². The monoisotopic (exact) mass is 503 g/mol. The Bertz CT molecular complexity index is 1070. The van der Waals surface area contributed by atoms with E-state index in [1.54, 1.807) is 18.2 Å². The number of carbonyl (C=O) groups excluding carboxylic acids is 3. The van der Waals surface area contributed by atoms with Crippen LogP contribution in [0.15, 0.2) is 18.2 Å². The SMILES string of the molecule is CCCCC(C(=O)NC1CCCC1)N(C(=O)c1snc(C(N)=O)c1N)c1ccc(OC)cc1OC. The highest BCUT2D eigenvalue weighted by Gasteiger charge is 2.37. The highest BCUT2D eigenvalue weighted by atomic mass is 32.1. The molecular weight excluding hydrogens is 470 g/mol. The van der Waals surface area contributed by atoms with Gasteiger partial charge < -0.3 is 26.3 Å². The fourth-order valence-corrected chi connectivity index (χ4v) is 5.03. The van der Waals surface area contributed by atoms with Crippen LogP contribution < -0.4 is 31.2 Å². The molecule has 1 aliphatic rings. The predicted octanol–water partition coefficient (Wildman–Crippen LogP) is 3.11. The first-order valence-electron chi connectivity index (χ1n) is 11.7. The Labute approximate surface area is 209 Å². The largest absolute Gasteiger partial charge is 0.497 e. The molecular formula is C24H33N5O5S. The minimum Gasteiger partial charge on any atom is -0.497 e. The first-order chi connectivity index (χ1) is 16.8. The molecule has 1 aliphatic carbocycles. The summed E-state index contributed by atoms with van der Waals surface area (Å²) in [7, 11) is 3.01. The third kappa shape index (κ3) is 5.84. The predicted molar refractivity (Wildman–Crippen MR) is 135 cm³/mol. The van der Waals surface area contributed by atoms with Crippen LogP contribution in [0.3, 0.4) is 0 Å². The number of nitrogens with two attached hydrogens (primary N) is 2. The van der Waals surface area contributed by atoms with E-state index in [-0.39, 0.29) is 28.2 Å². The topological polar surface area (TPSA) is 150 Å². The molecule has 0 radical (unpaired) electrons. The first kappa shape index (κ1) is 26.3. The number of primary amides is 1. The fraction of sp³-hybridized carbons (Fsp3) is 0.500. The molecule has 1 saturated carbocycles. The van der Waals surface area contributed by atoms with Gasteiger partial charge in [0.2, 0.25) is 5.91 Å². The number of unbranched alkanes of at least 4 members (excludes halogenated alkanes) is 1. The van der Waals surface area contributed by atoms with Crippen LogP contribution in [0, 0.1) is 0 Å². The minimum absolute atomic E-state index is 0.0341. The van der Waals surface area contributed by atoms with E-state index in [0.717, 1.165) is 50.1 Å². The Balaban J connectivity index is 2.12. The number of nitrogens with zero attached hydrogens (tertiary/aromatic N) is 2. The van der Waals surface area contributed by atoms with E-state index in [0.29, 0.717) is 23.6 Å². The van der Waals surface area contributed by atoms with Crippen LogP contribution in [0.25, 0.3) is 0 Å². The number of nitrogen functional groups attached to an aromatic ring is 1. The van der Waals surface area contributed by atoms with Crippen molar-refractivity contribution in [3.63, 3.8) is 0 Å². The quantitative estimate of drug-likeness (QED) is 0.426. The Morgan fingerprint density at radius 3 is 2.51 bits per heavy atom. The highest BCUT2D eigenvalue weighted by Crippen LogP contribution is 2.37. The number of aromatic nitrogens is 1. The number of amides is 3. The first-order valence-corrected chi connectivity index (χ1v) is 12.5. The molecule has 1 unspecified atom stereocenters. The van der Waals surface area contributed by atoms with E-state index < -0.39 is 17.9 Å². The highest BCUT2D eigenvalue weighted by molar-refractivity contribution is 7.09. The number of hydrogen-bond acceptors (Lipinski definition) is 8. The van der Waals surface area contributed by atoms with Crippen molar-refractivity contribution in [2.75, 3.05) is 24.9 Å². The molecule has 2 aromatic rings. The molecule has 0 bridgehead atoms. The van der Waals surface area contributed by atoms with Gasteiger partial charge in [-0.15, -0.1) is 0 Å². The van der Waals surface area contributed by atoms with Crippen molar-refractivity contribution in [1.29, 1.82) is 0 Å². The molecule has 11 heteroatoms. The van der Waals surface area contributed by atoms with E-state index in [1.165, 1.54) is 19.1 Å². The van der Waals surface area contributed by atoms with Gasteiger partial charge >= 0.3 is 0 Å². The summed E-state index contributed by atoms with van der Waals surface area (Å²) in [6, 6.07) is 4.25. The van der Waals surface area contributed by atoms with Crippen LogP contribution in [-0.4, -0.2) is 48.4 Å². The number of benzene rings is 1. The third-order valence-electron chi connectivity index (χ3n) is 6.17. The molecule has 5 N–H and O–H groups in total. The average Bonchev–Trinajstić information content (AvgIpc) is 3.50. The van der Waals surface area contributed by atoms with Crippen molar-refractivity contribution in [2.24, 2.45) is 5.73 Å². The van der Waals surface area contributed by atoms with Crippen LogP contribution in [-0.2, 0) is 4.79 Å². The molecule has 10 nitrogen and oxygen atoms in total. The van der Waals surface area contributed by atoms with E-state index in [2.05, 4.69) is 9.69 Å². The number of anilines is 2. The molecule has 3 rings (SSSR count). The van der Waals surface area contributed by atoms with Gasteiger partial charge in [0, 0.05) is 12.1 Å². The van der Waals surface area contributed by atoms with Gasteiger partial charge in [-0.25, -0.2) is 0 Å². The van der Waals surface area contributed by atoms with E-state index in [4.69, 9.17) is 20.9 Å². The molecule has 0 spiro atoms. The number of rotatable bonds is 11. The summed E-state index contributed by atoms with van der Waals surface area (Å²) in [6.45, 7) is 2.02. The molecule has 0 saturated heterocycles. The molecule has 1 fully saturated rings. The van der Waals surface area contributed by atoms with Gasteiger partial charge in [0.1, 0.15) is 22.4 Å². The number of hydrogen-bond donors (Lipinski definition) is 3. The zero-order chi connectivity index (χ0) is 25.5. The molecule has 0 aliphatic heterocycles. The maximum atomic E-state index is 14.0.